The summed E-state index contributed by atoms with van der Waals surface area (Å²) in [6, 6.07) is 25.6. The molecule has 5 heteroatoms. The molecule has 0 unspecified atom stereocenters. The molecule has 1 amide bonds. The molecule has 132 valence electrons. The van der Waals surface area contributed by atoms with Crippen LogP contribution in [-0.2, 0) is 0 Å². The monoisotopic (exact) mass is 354 g/mol. The molecule has 0 saturated carbocycles. The second kappa shape index (κ2) is 7.25. The molecule has 1 aromatic heterocycles. The van der Waals surface area contributed by atoms with Gasteiger partial charge in [0.2, 0.25) is 0 Å². The zero-order valence-corrected chi connectivity index (χ0v) is 14.8. The fourth-order valence-electron chi connectivity index (χ4n) is 2.87. The molecular formula is C22H18N4O. The van der Waals surface area contributed by atoms with E-state index in [2.05, 4.69) is 38.9 Å². The van der Waals surface area contributed by atoms with E-state index in [9.17, 15) is 4.79 Å². The van der Waals surface area contributed by atoms with Crippen LogP contribution in [0.2, 0.25) is 0 Å². The third kappa shape index (κ3) is 3.62. The number of carbonyl (C=O) groups is 1. The van der Waals surface area contributed by atoms with Crippen LogP contribution in [0.4, 0.5) is 0 Å². The molecule has 0 saturated heterocycles. The van der Waals surface area contributed by atoms with Crippen molar-refractivity contribution in [2.24, 2.45) is 5.10 Å². The summed E-state index contributed by atoms with van der Waals surface area (Å²) in [6.45, 7) is 1.87. The number of aromatic amines is 1. The summed E-state index contributed by atoms with van der Waals surface area (Å²) in [4.78, 5) is 12.3. The summed E-state index contributed by atoms with van der Waals surface area (Å²) in [5, 5.41) is 13.5. The van der Waals surface area contributed by atoms with E-state index in [4.69, 9.17) is 0 Å². The summed E-state index contributed by atoms with van der Waals surface area (Å²) in [6.07, 6.45) is 0. The topological polar surface area (TPSA) is 70.1 Å². The highest BCUT2D eigenvalue weighted by Gasteiger charge is 2.10. The molecule has 0 aliphatic heterocycles. The Morgan fingerprint density at radius 1 is 0.926 bits per heavy atom. The molecule has 5 nitrogen and oxygen atoms in total. The minimum atomic E-state index is -0.329. The number of hydrogen-bond donors (Lipinski definition) is 2. The number of nitrogens with zero attached hydrogens (tertiary/aromatic N) is 2. The maximum absolute atomic E-state index is 12.3. The fourth-order valence-corrected chi connectivity index (χ4v) is 2.87. The molecular weight excluding hydrogens is 336 g/mol. The highest BCUT2D eigenvalue weighted by Crippen LogP contribution is 2.17. The van der Waals surface area contributed by atoms with E-state index in [1.807, 2.05) is 61.5 Å². The molecule has 0 atom stereocenters. The molecule has 3 aromatic carbocycles. The summed E-state index contributed by atoms with van der Waals surface area (Å²) < 4.78 is 0. The third-order valence-corrected chi connectivity index (χ3v) is 4.38. The molecule has 4 aromatic rings. The summed E-state index contributed by atoms with van der Waals surface area (Å²) >= 11 is 0. The van der Waals surface area contributed by atoms with E-state index in [0.717, 1.165) is 27.9 Å². The van der Waals surface area contributed by atoms with Crippen LogP contribution >= 0.6 is 0 Å². The Bertz CT molecular complexity index is 1130. The van der Waals surface area contributed by atoms with Gasteiger partial charge in [0.1, 0.15) is 5.69 Å². The van der Waals surface area contributed by atoms with Crippen LogP contribution in [0.3, 0.4) is 0 Å². The van der Waals surface area contributed by atoms with Gasteiger partial charge in [0.25, 0.3) is 5.91 Å². The van der Waals surface area contributed by atoms with Crippen LogP contribution in [0.25, 0.3) is 22.0 Å². The van der Waals surface area contributed by atoms with Gasteiger partial charge >= 0.3 is 0 Å². The van der Waals surface area contributed by atoms with Gasteiger partial charge in [-0.3, -0.25) is 9.89 Å². The molecule has 4 rings (SSSR count). The first-order valence-electron chi connectivity index (χ1n) is 8.65. The van der Waals surface area contributed by atoms with Gasteiger partial charge in [-0.1, -0.05) is 66.7 Å². The van der Waals surface area contributed by atoms with Crippen molar-refractivity contribution in [1.29, 1.82) is 0 Å². The maximum Gasteiger partial charge on any atom is 0.289 e. The second-order valence-electron chi connectivity index (χ2n) is 6.23. The maximum atomic E-state index is 12.3. The van der Waals surface area contributed by atoms with Crippen LogP contribution < -0.4 is 5.43 Å². The van der Waals surface area contributed by atoms with E-state index >= 15 is 0 Å². The Morgan fingerprint density at radius 3 is 2.48 bits per heavy atom. The highest BCUT2D eigenvalue weighted by molar-refractivity contribution is 6.03. The van der Waals surface area contributed by atoms with Crippen molar-refractivity contribution in [3.05, 3.63) is 90.1 Å². The van der Waals surface area contributed by atoms with Crippen molar-refractivity contribution in [2.75, 3.05) is 0 Å². The first-order chi connectivity index (χ1) is 13.2. The normalized spacial score (nSPS) is 11.5. The molecule has 1 heterocycles. The van der Waals surface area contributed by atoms with Crippen molar-refractivity contribution >= 4 is 22.4 Å². The molecule has 0 fully saturated rings. The number of amides is 1. The van der Waals surface area contributed by atoms with E-state index in [1.54, 1.807) is 6.07 Å². The molecule has 27 heavy (non-hydrogen) atoms. The van der Waals surface area contributed by atoms with Gasteiger partial charge in [-0.2, -0.15) is 10.2 Å². The molecule has 0 radical (unpaired) electrons. The molecule has 0 aliphatic carbocycles. The van der Waals surface area contributed by atoms with Crippen LogP contribution in [0, 0.1) is 0 Å². The minimum Gasteiger partial charge on any atom is -0.272 e. The van der Waals surface area contributed by atoms with Gasteiger partial charge in [-0.15, -0.1) is 0 Å². The predicted molar refractivity (Wildman–Crippen MR) is 108 cm³/mol. The second-order valence-corrected chi connectivity index (χ2v) is 6.23. The lowest BCUT2D eigenvalue weighted by Crippen LogP contribution is -2.19. The number of hydrogen-bond acceptors (Lipinski definition) is 3. The van der Waals surface area contributed by atoms with Crippen molar-refractivity contribution < 1.29 is 4.79 Å². The van der Waals surface area contributed by atoms with E-state index < -0.39 is 0 Å². The smallest absolute Gasteiger partial charge is 0.272 e. The predicted octanol–water partition coefficient (Wildman–Crippen LogP) is 4.38. The van der Waals surface area contributed by atoms with Crippen LogP contribution in [-0.4, -0.2) is 21.8 Å². The number of nitrogens with one attached hydrogen (secondary N) is 2. The first-order valence-corrected chi connectivity index (χ1v) is 8.65. The first kappa shape index (κ1) is 16.7. The average Bonchev–Trinajstić information content (AvgIpc) is 3.22. The minimum absolute atomic E-state index is 0.329. The Labute approximate surface area is 156 Å². The number of aromatic nitrogens is 2. The Kier molecular flexibility index (Phi) is 4.49. The van der Waals surface area contributed by atoms with Gasteiger partial charge in [0, 0.05) is 5.56 Å². The molecule has 0 aliphatic rings. The summed E-state index contributed by atoms with van der Waals surface area (Å²) in [5.41, 5.74) is 6.31. The molecule has 0 spiro atoms. The summed E-state index contributed by atoms with van der Waals surface area (Å²) in [7, 11) is 0. The zero-order valence-electron chi connectivity index (χ0n) is 14.8. The van der Waals surface area contributed by atoms with E-state index in [0.29, 0.717) is 5.69 Å². The highest BCUT2D eigenvalue weighted by atomic mass is 16.2. The van der Waals surface area contributed by atoms with Crippen LogP contribution in [0.5, 0.6) is 0 Å². The Balaban J connectivity index is 1.50. The number of rotatable bonds is 4. The van der Waals surface area contributed by atoms with E-state index in [1.165, 1.54) is 5.39 Å². The van der Waals surface area contributed by atoms with Gasteiger partial charge in [0.05, 0.1) is 11.4 Å². The average molecular weight is 354 g/mol. The van der Waals surface area contributed by atoms with Crippen molar-refractivity contribution in [2.45, 2.75) is 6.92 Å². The van der Waals surface area contributed by atoms with Crippen LogP contribution in [0.15, 0.2) is 84.0 Å². The number of fused-ring (bicyclic) bond motifs is 1. The third-order valence-electron chi connectivity index (χ3n) is 4.38. The molecule has 0 bridgehead atoms. The van der Waals surface area contributed by atoms with Crippen molar-refractivity contribution in [3.8, 4) is 11.3 Å². The van der Waals surface area contributed by atoms with Gasteiger partial charge in [0.15, 0.2) is 0 Å². The lowest BCUT2D eigenvalue weighted by atomic mass is 10.0. The lowest BCUT2D eigenvalue weighted by Gasteiger charge is -2.04. The zero-order chi connectivity index (χ0) is 18.6. The van der Waals surface area contributed by atoms with Crippen molar-refractivity contribution in [1.82, 2.24) is 15.6 Å². The van der Waals surface area contributed by atoms with Crippen LogP contribution in [0.1, 0.15) is 23.0 Å². The standard InChI is InChI=1S/C22H18N4O/c1-15(18-12-11-16-7-5-6-10-19(16)13-18)23-26-22(27)21-14-20(24-25-21)17-8-3-2-4-9-17/h2-14H,1H3,(H,24,25)(H,26,27). The van der Waals surface area contributed by atoms with E-state index in [-0.39, 0.29) is 5.91 Å². The fraction of sp³-hybridized carbons (Fsp3) is 0.0455. The number of H-pyrrole nitrogens is 1. The number of hydrazone groups is 1. The van der Waals surface area contributed by atoms with Gasteiger partial charge in [-0.25, -0.2) is 5.43 Å². The van der Waals surface area contributed by atoms with Crippen molar-refractivity contribution in [3.63, 3.8) is 0 Å². The summed E-state index contributed by atoms with van der Waals surface area (Å²) in [5.74, 6) is -0.329. The number of carbonyl (C=O) groups excluding carboxylic acids is 1. The lowest BCUT2D eigenvalue weighted by molar-refractivity contribution is 0.0950. The number of benzene rings is 3. The SMILES string of the molecule is CC(=NNC(=O)c1cc(-c2ccccc2)n[nH]1)c1ccc2ccccc2c1. The van der Waals surface area contributed by atoms with Gasteiger partial charge in [-0.05, 0) is 35.4 Å². The van der Waals surface area contributed by atoms with Gasteiger partial charge < -0.3 is 0 Å². The quantitative estimate of drug-likeness (QED) is 0.422. The largest absolute Gasteiger partial charge is 0.289 e. The molecule has 2 N–H and O–H groups in total. The Morgan fingerprint density at radius 2 is 1.67 bits per heavy atom. The Hall–Kier alpha value is -3.73.